The first-order chi connectivity index (χ1) is 9.51. The predicted octanol–water partition coefficient (Wildman–Crippen LogP) is 2.76. The van der Waals surface area contributed by atoms with Gasteiger partial charge in [-0.05, 0) is 18.9 Å². The van der Waals surface area contributed by atoms with Gasteiger partial charge in [0, 0.05) is 24.2 Å². The fourth-order valence-corrected chi connectivity index (χ4v) is 2.08. The van der Waals surface area contributed by atoms with Crippen LogP contribution < -0.4 is 11.3 Å². The molecule has 0 spiro atoms. The summed E-state index contributed by atoms with van der Waals surface area (Å²) in [5.41, 5.74) is 9.20. The fraction of sp³-hybridized carbons (Fsp3) is 0.375. The second-order valence-electron chi connectivity index (χ2n) is 5.51. The molecule has 1 heterocycles. The highest BCUT2D eigenvalue weighted by Gasteiger charge is 2.10. The molecule has 0 aliphatic heterocycles. The first kappa shape index (κ1) is 17.4. The van der Waals surface area contributed by atoms with Crippen molar-refractivity contribution in [3.8, 4) is 11.3 Å². The van der Waals surface area contributed by atoms with Crippen LogP contribution in [0.4, 0.5) is 0 Å². The van der Waals surface area contributed by atoms with Crippen molar-refractivity contribution in [2.45, 2.75) is 33.9 Å². The molecule has 0 atom stereocenters. The predicted molar refractivity (Wildman–Crippen MR) is 88.6 cm³/mol. The van der Waals surface area contributed by atoms with E-state index in [9.17, 15) is 4.79 Å². The van der Waals surface area contributed by atoms with E-state index in [-0.39, 0.29) is 24.5 Å². The zero-order valence-corrected chi connectivity index (χ0v) is 13.5. The SMILES string of the molecule is Cc1ccc(-c2cc(CN)c(=O)n(CC(C)C)n2)cc1.Cl. The Labute approximate surface area is 131 Å². The average Bonchev–Trinajstić information content (AvgIpc) is 2.41. The van der Waals surface area contributed by atoms with Gasteiger partial charge in [0.1, 0.15) is 0 Å². The molecule has 0 fully saturated rings. The van der Waals surface area contributed by atoms with Gasteiger partial charge in [0.05, 0.1) is 5.69 Å². The van der Waals surface area contributed by atoms with E-state index in [1.165, 1.54) is 10.2 Å². The van der Waals surface area contributed by atoms with Crippen LogP contribution in [0.2, 0.25) is 0 Å². The third-order valence-corrected chi connectivity index (χ3v) is 3.15. The number of aromatic nitrogens is 2. The van der Waals surface area contributed by atoms with E-state index in [1.807, 2.05) is 31.2 Å². The number of halogens is 1. The van der Waals surface area contributed by atoms with Crippen molar-refractivity contribution in [1.82, 2.24) is 9.78 Å². The van der Waals surface area contributed by atoms with Crippen molar-refractivity contribution < 1.29 is 0 Å². The monoisotopic (exact) mass is 307 g/mol. The van der Waals surface area contributed by atoms with E-state index in [0.717, 1.165) is 11.3 Å². The molecule has 0 unspecified atom stereocenters. The van der Waals surface area contributed by atoms with Crippen LogP contribution in [0.25, 0.3) is 11.3 Å². The lowest BCUT2D eigenvalue weighted by molar-refractivity contribution is 0.462. The lowest BCUT2D eigenvalue weighted by Gasteiger charge is -2.12. The van der Waals surface area contributed by atoms with Crippen LogP contribution in [0.5, 0.6) is 0 Å². The van der Waals surface area contributed by atoms with Crippen LogP contribution in [-0.4, -0.2) is 9.78 Å². The summed E-state index contributed by atoms with van der Waals surface area (Å²) < 4.78 is 1.53. The minimum absolute atomic E-state index is 0. The molecular formula is C16H22ClN3O. The number of nitrogens with two attached hydrogens (primary N) is 1. The molecule has 0 aliphatic carbocycles. The van der Waals surface area contributed by atoms with Crippen molar-refractivity contribution in [2.24, 2.45) is 11.7 Å². The summed E-state index contributed by atoms with van der Waals surface area (Å²) in [5, 5.41) is 4.47. The number of aryl methyl sites for hydroxylation is 1. The smallest absolute Gasteiger partial charge is 0.271 e. The van der Waals surface area contributed by atoms with Gasteiger partial charge in [-0.1, -0.05) is 43.7 Å². The molecule has 21 heavy (non-hydrogen) atoms. The number of nitrogens with zero attached hydrogens (tertiary/aromatic N) is 2. The second kappa shape index (κ2) is 7.38. The largest absolute Gasteiger partial charge is 0.326 e. The Balaban J connectivity index is 0.00000220. The Kier molecular flexibility index (Phi) is 6.12. The summed E-state index contributed by atoms with van der Waals surface area (Å²) in [4.78, 5) is 12.2. The summed E-state index contributed by atoms with van der Waals surface area (Å²) >= 11 is 0. The Bertz CT molecular complexity index is 648. The first-order valence-electron chi connectivity index (χ1n) is 6.89. The number of hydrogen-bond donors (Lipinski definition) is 1. The fourth-order valence-electron chi connectivity index (χ4n) is 2.08. The van der Waals surface area contributed by atoms with Crippen LogP contribution in [0, 0.1) is 12.8 Å². The standard InChI is InChI=1S/C16H21N3O.ClH/c1-11(2)10-19-16(20)14(9-17)8-15(18-19)13-6-4-12(3)5-7-13;/h4-8,11H,9-10,17H2,1-3H3;1H. The molecule has 1 aromatic carbocycles. The highest BCUT2D eigenvalue weighted by Crippen LogP contribution is 2.17. The number of hydrogen-bond acceptors (Lipinski definition) is 3. The van der Waals surface area contributed by atoms with Crippen molar-refractivity contribution in [2.75, 3.05) is 0 Å². The van der Waals surface area contributed by atoms with E-state index in [4.69, 9.17) is 5.73 Å². The Hall–Kier alpha value is -1.65. The van der Waals surface area contributed by atoms with Crippen molar-refractivity contribution in [3.05, 3.63) is 51.8 Å². The third kappa shape index (κ3) is 4.16. The van der Waals surface area contributed by atoms with Gasteiger partial charge < -0.3 is 5.73 Å². The lowest BCUT2D eigenvalue weighted by atomic mass is 10.1. The maximum atomic E-state index is 12.2. The molecule has 0 radical (unpaired) electrons. The summed E-state index contributed by atoms with van der Waals surface area (Å²) in [5.74, 6) is 0.360. The van der Waals surface area contributed by atoms with Crippen molar-refractivity contribution in [1.29, 1.82) is 0 Å². The van der Waals surface area contributed by atoms with Crippen molar-refractivity contribution >= 4 is 12.4 Å². The van der Waals surface area contributed by atoms with Gasteiger partial charge in [0.15, 0.2) is 0 Å². The molecule has 0 saturated heterocycles. The summed E-state index contributed by atoms with van der Waals surface area (Å²) in [6.07, 6.45) is 0. The van der Waals surface area contributed by atoms with E-state index in [1.54, 1.807) is 6.07 Å². The molecule has 1 aromatic heterocycles. The van der Waals surface area contributed by atoms with E-state index in [0.29, 0.717) is 18.0 Å². The van der Waals surface area contributed by atoms with E-state index < -0.39 is 0 Å². The number of rotatable bonds is 4. The molecule has 4 nitrogen and oxygen atoms in total. The van der Waals surface area contributed by atoms with Crippen LogP contribution in [-0.2, 0) is 13.1 Å². The van der Waals surface area contributed by atoms with E-state index in [2.05, 4.69) is 18.9 Å². The lowest BCUT2D eigenvalue weighted by Crippen LogP contribution is -2.29. The molecule has 114 valence electrons. The van der Waals surface area contributed by atoms with Gasteiger partial charge in [0.25, 0.3) is 5.56 Å². The molecule has 2 rings (SSSR count). The topological polar surface area (TPSA) is 60.9 Å². The van der Waals surface area contributed by atoms with Gasteiger partial charge in [-0.2, -0.15) is 5.10 Å². The highest BCUT2D eigenvalue weighted by molar-refractivity contribution is 5.85. The van der Waals surface area contributed by atoms with Crippen LogP contribution in [0.15, 0.2) is 35.1 Å². The van der Waals surface area contributed by atoms with Gasteiger partial charge in [0.2, 0.25) is 0 Å². The second-order valence-corrected chi connectivity index (χ2v) is 5.51. The number of benzene rings is 1. The molecule has 0 amide bonds. The highest BCUT2D eigenvalue weighted by atomic mass is 35.5. The normalized spacial score (nSPS) is 10.5. The first-order valence-corrected chi connectivity index (χ1v) is 6.89. The Morgan fingerprint density at radius 1 is 1.24 bits per heavy atom. The maximum absolute atomic E-state index is 12.2. The third-order valence-electron chi connectivity index (χ3n) is 3.15. The summed E-state index contributed by atoms with van der Waals surface area (Å²) in [7, 11) is 0. The molecule has 5 heteroatoms. The average molecular weight is 308 g/mol. The minimum Gasteiger partial charge on any atom is -0.326 e. The van der Waals surface area contributed by atoms with Gasteiger partial charge in [-0.3, -0.25) is 4.79 Å². The molecule has 0 saturated carbocycles. The minimum atomic E-state index is -0.0861. The van der Waals surface area contributed by atoms with Crippen LogP contribution in [0.3, 0.4) is 0 Å². The van der Waals surface area contributed by atoms with Gasteiger partial charge in [-0.15, -0.1) is 12.4 Å². The van der Waals surface area contributed by atoms with Gasteiger partial charge >= 0.3 is 0 Å². The summed E-state index contributed by atoms with van der Waals surface area (Å²) in [6.45, 7) is 7.01. The van der Waals surface area contributed by atoms with Crippen molar-refractivity contribution in [3.63, 3.8) is 0 Å². The zero-order chi connectivity index (χ0) is 14.7. The van der Waals surface area contributed by atoms with E-state index >= 15 is 0 Å². The molecule has 2 aromatic rings. The summed E-state index contributed by atoms with van der Waals surface area (Å²) in [6, 6.07) is 9.90. The zero-order valence-electron chi connectivity index (χ0n) is 12.7. The van der Waals surface area contributed by atoms with Gasteiger partial charge in [-0.25, -0.2) is 4.68 Å². The quantitative estimate of drug-likeness (QED) is 0.945. The van der Waals surface area contributed by atoms with Crippen LogP contribution >= 0.6 is 12.4 Å². The molecule has 2 N–H and O–H groups in total. The van der Waals surface area contributed by atoms with Crippen LogP contribution in [0.1, 0.15) is 25.0 Å². The molecular weight excluding hydrogens is 286 g/mol. The molecule has 0 aliphatic rings. The molecule has 0 bridgehead atoms. The Morgan fingerprint density at radius 2 is 1.86 bits per heavy atom. The maximum Gasteiger partial charge on any atom is 0.271 e. The Morgan fingerprint density at radius 3 is 2.38 bits per heavy atom.